The van der Waals surface area contributed by atoms with E-state index in [2.05, 4.69) is 5.32 Å². The summed E-state index contributed by atoms with van der Waals surface area (Å²) in [7, 11) is 4.47. The maximum atomic E-state index is 13.7. The van der Waals surface area contributed by atoms with Crippen molar-refractivity contribution in [3.05, 3.63) is 87.8 Å². The highest BCUT2D eigenvalue weighted by Gasteiger charge is 2.41. The first-order valence-corrected chi connectivity index (χ1v) is 12.1. The van der Waals surface area contributed by atoms with Gasteiger partial charge in [0.05, 0.1) is 32.0 Å². The molecule has 0 amide bonds. The van der Waals surface area contributed by atoms with Crippen LogP contribution in [0.4, 0.5) is 0 Å². The first-order valence-electron chi connectivity index (χ1n) is 12.1. The maximum absolute atomic E-state index is 13.7. The predicted molar refractivity (Wildman–Crippen MR) is 136 cm³/mol. The summed E-state index contributed by atoms with van der Waals surface area (Å²) in [5.74, 6) is -0.998. The topological polar surface area (TPSA) is 100 Å². The summed E-state index contributed by atoms with van der Waals surface area (Å²) in [5, 5.41) is 3.34. The normalized spacial score (nSPS) is 19.2. The van der Waals surface area contributed by atoms with Crippen molar-refractivity contribution in [1.82, 2.24) is 5.32 Å². The number of nitrogens with one attached hydrogen (secondary N) is 1. The fraction of sp³-hybridized carbons (Fsp3) is 0.345. The summed E-state index contributed by atoms with van der Waals surface area (Å²) in [5.41, 5.74) is 4.37. The van der Waals surface area contributed by atoms with Crippen molar-refractivity contribution < 1.29 is 33.3 Å². The molecule has 1 aliphatic heterocycles. The molecule has 0 aromatic heterocycles. The average Bonchev–Trinajstić information content (AvgIpc) is 2.91. The van der Waals surface area contributed by atoms with Gasteiger partial charge >= 0.3 is 11.9 Å². The van der Waals surface area contributed by atoms with Gasteiger partial charge in [-0.3, -0.25) is 4.79 Å². The van der Waals surface area contributed by atoms with Crippen molar-refractivity contribution in [3.8, 4) is 5.75 Å². The van der Waals surface area contributed by atoms with E-state index in [1.807, 2.05) is 31.2 Å². The molecule has 4 rings (SSSR count). The third-order valence-electron chi connectivity index (χ3n) is 6.81. The van der Waals surface area contributed by atoms with Gasteiger partial charge in [0, 0.05) is 42.3 Å². The number of para-hydroxylation sites is 1. The Morgan fingerprint density at radius 1 is 0.946 bits per heavy atom. The lowest BCUT2D eigenvalue weighted by Gasteiger charge is -2.37. The highest BCUT2D eigenvalue weighted by Crippen LogP contribution is 2.46. The molecule has 2 atom stereocenters. The minimum Gasteiger partial charge on any atom is -0.496 e. The first kappa shape index (κ1) is 26.2. The van der Waals surface area contributed by atoms with E-state index in [0.717, 1.165) is 17.0 Å². The molecule has 0 saturated heterocycles. The van der Waals surface area contributed by atoms with Crippen LogP contribution in [-0.4, -0.2) is 52.3 Å². The number of esters is 2. The Bertz CT molecular complexity index is 1260. The SMILES string of the molecule is COCCOC(=O)C1=C(C)NC2=C(C(=O)CC(c3ccccc3OC)C2)C1c1ccc(C(=O)OC)cc1. The van der Waals surface area contributed by atoms with Gasteiger partial charge in [0.2, 0.25) is 0 Å². The summed E-state index contributed by atoms with van der Waals surface area (Å²) >= 11 is 0. The molecular weight excluding hydrogens is 474 g/mol. The second-order valence-electron chi connectivity index (χ2n) is 9.00. The zero-order valence-electron chi connectivity index (χ0n) is 21.5. The molecular formula is C29H31NO7. The number of ketones is 1. The lowest BCUT2D eigenvalue weighted by atomic mass is 9.71. The van der Waals surface area contributed by atoms with Crippen LogP contribution in [0.1, 0.15) is 53.1 Å². The van der Waals surface area contributed by atoms with Crippen LogP contribution in [0.3, 0.4) is 0 Å². The summed E-state index contributed by atoms with van der Waals surface area (Å²) in [6.45, 7) is 2.16. The molecule has 8 heteroatoms. The number of hydrogen-bond donors (Lipinski definition) is 1. The van der Waals surface area contributed by atoms with E-state index < -0.39 is 17.9 Å². The monoisotopic (exact) mass is 505 g/mol. The Labute approximate surface area is 216 Å². The number of hydrogen-bond acceptors (Lipinski definition) is 8. The van der Waals surface area contributed by atoms with Crippen molar-refractivity contribution in [2.45, 2.75) is 31.6 Å². The Hall–Kier alpha value is -3.91. The molecule has 194 valence electrons. The Balaban J connectivity index is 1.76. The number of carbonyl (C=O) groups is 3. The second kappa shape index (κ2) is 11.4. The molecule has 0 fully saturated rings. The van der Waals surface area contributed by atoms with Crippen molar-refractivity contribution in [3.63, 3.8) is 0 Å². The van der Waals surface area contributed by atoms with Gasteiger partial charge in [0.25, 0.3) is 0 Å². The van der Waals surface area contributed by atoms with E-state index >= 15 is 0 Å². The van der Waals surface area contributed by atoms with Crippen LogP contribution in [0.15, 0.2) is 71.1 Å². The van der Waals surface area contributed by atoms with Crippen LogP contribution >= 0.6 is 0 Å². The van der Waals surface area contributed by atoms with Gasteiger partial charge in [0.1, 0.15) is 12.4 Å². The molecule has 37 heavy (non-hydrogen) atoms. The van der Waals surface area contributed by atoms with Crippen LogP contribution in [0, 0.1) is 0 Å². The lowest BCUT2D eigenvalue weighted by molar-refractivity contribution is -0.140. The molecule has 2 unspecified atom stereocenters. The van der Waals surface area contributed by atoms with Crippen LogP contribution in [0.5, 0.6) is 5.75 Å². The molecule has 2 aromatic carbocycles. The largest absolute Gasteiger partial charge is 0.496 e. The number of rotatable bonds is 8. The van der Waals surface area contributed by atoms with E-state index in [9.17, 15) is 14.4 Å². The molecule has 0 radical (unpaired) electrons. The van der Waals surface area contributed by atoms with Crippen molar-refractivity contribution >= 4 is 17.7 Å². The van der Waals surface area contributed by atoms with E-state index in [4.69, 9.17) is 18.9 Å². The number of dihydropyridines is 1. The van der Waals surface area contributed by atoms with Gasteiger partial charge < -0.3 is 24.3 Å². The van der Waals surface area contributed by atoms with Crippen LogP contribution in [-0.2, 0) is 23.8 Å². The highest BCUT2D eigenvalue weighted by atomic mass is 16.6. The molecule has 2 aliphatic rings. The third-order valence-corrected chi connectivity index (χ3v) is 6.81. The second-order valence-corrected chi connectivity index (χ2v) is 9.00. The quantitative estimate of drug-likeness (QED) is 0.424. The summed E-state index contributed by atoms with van der Waals surface area (Å²) in [4.78, 5) is 39.0. The fourth-order valence-electron chi connectivity index (χ4n) is 5.09. The number of carbonyl (C=O) groups excluding carboxylic acids is 3. The van der Waals surface area contributed by atoms with Crippen molar-refractivity contribution in [2.24, 2.45) is 0 Å². The van der Waals surface area contributed by atoms with Gasteiger partial charge in [-0.1, -0.05) is 30.3 Å². The van der Waals surface area contributed by atoms with Gasteiger partial charge in [-0.15, -0.1) is 0 Å². The third kappa shape index (κ3) is 5.29. The fourth-order valence-corrected chi connectivity index (χ4v) is 5.09. The zero-order chi connectivity index (χ0) is 26.5. The minimum absolute atomic E-state index is 0.0543. The summed E-state index contributed by atoms with van der Waals surface area (Å²) in [6, 6.07) is 14.5. The lowest BCUT2D eigenvalue weighted by Crippen LogP contribution is -2.36. The number of benzene rings is 2. The molecule has 2 aromatic rings. The van der Waals surface area contributed by atoms with Crippen LogP contribution in [0.25, 0.3) is 0 Å². The maximum Gasteiger partial charge on any atom is 0.337 e. The first-order chi connectivity index (χ1) is 17.9. The highest BCUT2D eigenvalue weighted by molar-refractivity contribution is 6.04. The Kier molecular flexibility index (Phi) is 8.08. The summed E-state index contributed by atoms with van der Waals surface area (Å²) in [6.07, 6.45) is 0.865. The standard InChI is InChI=1S/C29H31NO7/c1-17-25(29(33)37-14-13-34-2)26(18-9-11-19(12-10-18)28(32)36-4)27-22(30-17)15-20(16-23(27)31)21-7-5-6-8-24(21)35-3/h5-12,20,26,30H,13-16H2,1-4H3. The van der Waals surface area contributed by atoms with E-state index in [1.54, 1.807) is 31.4 Å². The smallest absolute Gasteiger partial charge is 0.337 e. The molecule has 1 N–H and O–H groups in total. The Morgan fingerprint density at radius 2 is 1.68 bits per heavy atom. The number of methoxy groups -OCH3 is 3. The van der Waals surface area contributed by atoms with Crippen LogP contribution in [0.2, 0.25) is 0 Å². The minimum atomic E-state index is -0.635. The zero-order valence-corrected chi connectivity index (χ0v) is 21.5. The number of ether oxygens (including phenoxy) is 4. The number of allylic oxidation sites excluding steroid dienone is 3. The molecule has 0 bridgehead atoms. The van der Waals surface area contributed by atoms with Gasteiger partial charge in [-0.2, -0.15) is 0 Å². The molecule has 0 saturated carbocycles. The van der Waals surface area contributed by atoms with E-state index in [-0.39, 0.29) is 31.3 Å². The molecule has 8 nitrogen and oxygen atoms in total. The number of Topliss-reactive ketones (excluding diaryl/α,β-unsaturated/α-hetero) is 1. The average molecular weight is 506 g/mol. The van der Waals surface area contributed by atoms with Gasteiger partial charge in [-0.05, 0) is 42.7 Å². The van der Waals surface area contributed by atoms with E-state index in [0.29, 0.717) is 34.4 Å². The van der Waals surface area contributed by atoms with E-state index in [1.165, 1.54) is 14.2 Å². The molecule has 0 spiro atoms. The molecule has 1 heterocycles. The van der Waals surface area contributed by atoms with Gasteiger partial charge in [-0.25, -0.2) is 9.59 Å². The van der Waals surface area contributed by atoms with Crippen molar-refractivity contribution in [1.29, 1.82) is 0 Å². The van der Waals surface area contributed by atoms with Crippen LogP contribution < -0.4 is 10.1 Å². The van der Waals surface area contributed by atoms with Gasteiger partial charge in [0.15, 0.2) is 5.78 Å². The summed E-state index contributed by atoms with van der Waals surface area (Å²) < 4.78 is 20.8. The Morgan fingerprint density at radius 3 is 2.35 bits per heavy atom. The van der Waals surface area contributed by atoms with Crippen molar-refractivity contribution in [2.75, 3.05) is 34.5 Å². The molecule has 1 aliphatic carbocycles. The predicted octanol–water partition coefficient (Wildman–Crippen LogP) is 4.03.